The monoisotopic (exact) mass is 380 g/mol. The summed E-state index contributed by atoms with van der Waals surface area (Å²) < 4.78 is 36.0. The number of ether oxygens (including phenoxy) is 6. The molecule has 0 saturated heterocycles. The average molecular weight is 380 g/mol. The first-order valence-electron chi connectivity index (χ1n) is 9.30. The van der Waals surface area contributed by atoms with Crippen LogP contribution in [-0.4, -0.2) is 28.4 Å². The van der Waals surface area contributed by atoms with Crippen molar-refractivity contribution in [3.8, 4) is 23.0 Å². The molecule has 28 heavy (non-hydrogen) atoms. The zero-order valence-electron chi connectivity index (χ0n) is 16.1. The highest BCUT2D eigenvalue weighted by Crippen LogP contribution is 2.64. The van der Waals surface area contributed by atoms with Crippen molar-refractivity contribution in [3.05, 3.63) is 46.6 Å². The van der Waals surface area contributed by atoms with Crippen LogP contribution in [-0.2, 0) is 9.47 Å². The molecule has 0 unspecified atom stereocenters. The molecule has 6 nitrogen and oxygen atoms in total. The van der Waals surface area contributed by atoms with E-state index in [4.69, 9.17) is 28.4 Å². The minimum atomic E-state index is -0.148. The summed E-state index contributed by atoms with van der Waals surface area (Å²) in [5.41, 5.74) is 4.00. The molecular weight excluding hydrogens is 360 g/mol. The van der Waals surface area contributed by atoms with E-state index in [0.29, 0.717) is 0 Å². The van der Waals surface area contributed by atoms with Crippen LogP contribution in [0.1, 0.15) is 46.7 Å². The molecule has 4 aliphatic rings. The van der Waals surface area contributed by atoms with Crippen molar-refractivity contribution in [3.63, 3.8) is 0 Å². The molecule has 6 heteroatoms. The number of benzene rings is 2. The molecule has 144 valence electrons. The summed E-state index contributed by atoms with van der Waals surface area (Å²) in [6, 6.07) is 0. The molecule has 2 aromatic carbocycles. The number of methoxy groups -OCH3 is 4. The van der Waals surface area contributed by atoms with Gasteiger partial charge in [-0.1, -0.05) is 24.3 Å². The molecule has 0 spiro atoms. The number of hydrogen-bond acceptors (Lipinski definition) is 6. The van der Waals surface area contributed by atoms with Gasteiger partial charge in [0.2, 0.25) is 0 Å². The lowest BCUT2D eigenvalue weighted by Crippen LogP contribution is -2.08. The second-order valence-electron chi connectivity index (χ2n) is 7.26. The highest BCUT2D eigenvalue weighted by Gasteiger charge is 2.46. The van der Waals surface area contributed by atoms with Crippen molar-refractivity contribution in [1.29, 1.82) is 0 Å². The Bertz CT molecular complexity index is 934. The van der Waals surface area contributed by atoms with E-state index in [-0.39, 0.29) is 24.4 Å². The highest BCUT2D eigenvalue weighted by atomic mass is 16.5. The van der Waals surface area contributed by atoms with Crippen LogP contribution in [0.5, 0.6) is 23.0 Å². The molecule has 0 aromatic heterocycles. The Hall–Kier alpha value is -2.70. The maximum absolute atomic E-state index is 6.11. The SMILES string of the molecule is COc1c2c(c(OC)c3c(OC)c4c(c(OC)c13)[C@@H]1C=C[C@H]4O1)[C@H]1C=C[C@@H]2O1. The summed E-state index contributed by atoms with van der Waals surface area (Å²) in [7, 11) is 6.72. The normalized spacial score (nSPS) is 27.4. The Balaban J connectivity index is 1.85. The fraction of sp³-hybridized carbons (Fsp3) is 0.364. The minimum Gasteiger partial charge on any atom is -0.496 e. The number of fused-ring (bicyclic) bond motifs is 11. The molecule has 0 amide bonds. The maximum Gasteiger partial charge on any atom is 0.137 e. The largest absolute Gasteiger partial charge is 0.496 e. The lowest BCUT2D eigenvalue weighted by atomic mass is 9.85. The van der Waals surface area contributed by atoms with Crippen LogP contribution in [0.2, 0.25) is 0 Å². The molecule has 0 radical (unpaired) electrons. The molecule has 0 N–H and O–H groups in total. The first-order chi connectivity index (χ1) is 13.7. The predicted molar refractivity (Wildman–Crippen MR) is 102 cm³/mol. The van der Waals surface area contributed by atoms with Crippen molar-refractivity contribution in [2.24, 2.45) is 0 Å². The Labute approximate surface area is 162 Å². The molecule has 4 atom stereocenters. The summed E-state index contributed by atoms with van der Waals surface area (Å²) >= 11 is 0. The van der Waals surface area contributed by atoms with Gasteiger partial charge in [0.1, 0.15) is 47.4 Å². The van der Waals surface area contributed by atoms with Gasteiger partial charge < -0.3 is 28.4 Å². The van der Waals surface area contributed by atoms with E-state index >= 15 is 0 Å². The Morgan fingerprint density at radius 3 is 0.964 bits per heavy atom. The fourth-order valence-corrected chi connectivity index (χ4v) is 5.22. The van der Waals surface area contributed by atoms with Gasteiger partial charge in [-0.2, -0.15) is 0 Å². The lowest BCUT2D eigenvalue weighted by Gasteiger charge is -2.25. The third-order valence-electron chi connectivity index (χ3n) is 6.18. The van der Waals surface area contributed by atoms with Crippen LogP contribution >= 0.6 is 0 Å². The second-order valence-corrected chi connectivity index (χ2v) is 7.26. The summed E-state index contributed by atoms with van der Waals surface area (Å²) in [6.45, 7) is 0. The van der Waals surface area contributed by atoms with Gasteiger partial charge in [-0.15, -0.1) is 0 Å². The first-order valence-corrected chi connectivity index (χ1v) is 9.30. The zero-order valence-corrected chi connectivity index (χ0v) is 16.1. The third kappa shape index (κ3) is 1.67. The third-order valence-corrected chi connectivity index (χ3v) is 6.18. The van der Waals surface area contributed by atoms with Crippen molar-refractivity contribution < 1.29 is 28.4 Å². The van der Waals surface area contributed by atoms with Crippen LogP contribution < -0.4 is 18.9 Å². The maximum atomic E-state index is 6.11. The van der Waals surface area contributed by atoms with E-state index in [9.17, 15) is 0 Å². The Morgan fingerprint density at radius 2 is 0.750 bits per heavy atom. The molecular formula is C22H20O6. The standard InChI is InChI=1S/C22H20O6/c1-23-19-13-9-5-6-10(27-9)14(13)21(25-3)18-17(19)20(24-2)15-11-7-8-12(28-11)16(15)22(18)26-4/h5-12H,1-4H3/t9-,10+,11-,12+. The van der Waals surface area contributed by atoms with Gasteiger partial charge in [0.15, 0.2) is 0 Å². The smallest absolute Gasteiger partial charge is 0.137 e. The molecule has 0 saturated carbocycles. The fourth-order valence-electron chi connectivity index (χ4n) is 5.22. The second kappa shape index (κ2) is 5.43. The van der Waals surface area contributed by atoms with Gasteiger partial charge in [-0.05, 0) is 0 Å². The van der Waals surface area contributed by atoms with Gasteiger partial charge >= 0.3 is 0 Å². The van der Waals surface area contributed by atoms with Crippen molar-refractivity contribution in [2.75, 3.05) is 28.4 Å². The van der Waals surface area contributed by atoms with E-state index in [0.717, 1.165) is 56.0 Å². The van der Waals surface area contributed by atoms with Crippen molar-refractivity contribution in [2.45, 2.75) is 24.4 Å². The van der Waals surface area contributed by atoms with Crippen molar-refractivity contribution in [1.82, 2.24) is 0 Å². The topological polar surface area (TPSA) is 55.4 Å². The van der Waals surface area contributed by atoms with E-state index in [1.54, 1.807) is 28.4 Å². The van der Waals surface area contributed by atoms with Gasteiger partial charge in [0, 0.05) is 22.3 Å². The lowest BCUT2D eigenvalue weighted by molar-refractivity contribution is 0.0860. The quantitative estimate of drug-likeness (QED) is 0.740. The van der Waals surface area contributed by atoms with Gasteiger partial charge in [0.25, 0.3) is 0 Å². The summed E-state index contributed by atoms with van der Waals surface area (Å²) in [5.74, 6) is 2.97. The molecule has 4 bridgehead atoms. The van der Waals surface area contributed by atoms with E-state index in [1.165, 1.54) is 0 Å². The molecule has 0 aliphatic carbocycles. The van der Waals surface area contributed by atoms with E-state index in [2.05, 4.69) is 24.3 Å². The van der Waals surface area contributed by atoms with Crippen LogP contribution in [0.3, 0.4) is 0 Å². The molecule has 0 fully saturated rings. The summed E-state index contributed by atoms with van der Waals surface area (Å²) in [5, 5.41) is 1.68. The summed E-state index contributed by atoms with van der Waals surface area (Å²) in [6.07, 6.45) is 7.65. The number of rotatable bonds is 4. The minimum absolute atomic E-state index is 0.148. The van der Waals surface area contributed by atoms with Gasteiger partial charge in [-0.25, -0.2) is 0 Å². The Morgan fingerprint density at radius 1 is 0.500 bits per heavy atom. The van der Waals surface area contributed by atoms with E-state index in [1.807, 2.05) is 0 Å². The van der Waals surface area contributed by atoms with Gasteiger partial charge in [0.05, 0.1) is 39.2 Å². The zero-order chi connectivity index (χ0) is 19.2. The molecule has 6 rings (SSSR count). The molecule has 4 aliphatic heterocycles. The molecule has 2 aromatic rings. The number of hydrogen-bond donors (Lipinski definition) is 0. The van der Waals surface area contributed by atoms with Gasteiger partial charge in [-0.3, -0.25) is 0 Å². The first kappa shape index (κ1) is 16.3. The Kier molecular flexibility index (Phi) is 3.15. The van der Waals surface area contributed by atoms with E-state index < -0.39 is 0 Å². The van der Waals surface area contributed by atoms with Crippen LogP contribution in [0.15, 0.2) is 24.3 Å². The van der Waals surface area contributed by atoms with Crippen LogP contribution in [0, 0.1) is 0 Å². The van der Waals surface area contributed by atoms with Crippen LogP contribution in [0.25, 0.3) is 10.8 Å². The predicted octanol–water partition coefficient (Wildman–Crippen LogP) is 4.24. The molecule has 4 heterocycles. The summed E-state index contributed by atoms with van der Waals surface area (Å²) in [4.78, 5) is 0. The van der Waals surface area contributed by atoms with Crippen LogP contribution in [0.4, 0.5) is 0 Å². The van der Waals surface area contributed by atoms with Crippen molar-refractivity contribution >= 4 is 10.8 Å². The average Bonchev–Trinajstić information content (AvgIpc) is 3.51. The highest BCUT2D eigenvalue weighted by molar-refractivity contribution is 6.07.